The Morgan fingerprint density at radius 3 is 2.61 bits per heavy atom. The molecule has 1 aromatic heterocycles. The molecule has 1 aromatic rings. The molecule has 0 amide bonds. The van der Waals surface area contributed by atoms with Crippen LogP contribution < -0.4 is 10.6 Å². The lowest BCUT2D eigenvalue weighted by atomic mass is 9.81. The van der Waals surface area contributed by atoms with Crippen molar-refractivity contribution in [2.75, 3.05) is 20.2 Å². The third-order valence-electron chi connectivity index (χ3n) is 5.91. The molecule has 2 N–H and O–H groups in total. The zero-order valence-corrected chi connectivity index (χ0v) is 19.9. The lowest BCUT2D eigenvalue weighted by Gasteiger charge is -2.28. The van der Waals surface area contributed by atoms with E-state index in [0.717, 1.165) is 61.9 Å². The van der Waals surface area contributed by atoms with E-state index in [1.54, 1.807) is 7.11 Å². The van der Waals surface area contributed by atoms with Gasteiger partial charge in [0, 0.05) is 32.7 Å². The fourth-order valence-electron chi connectivity index (χ4n) is 4.22. The summed E-state index contributed by atoms with van der Waals surface area (Å²) in [6, 6.07) is 0.336. The fourth-order valence-corrected chi connectivity index (χ4v) is 4.22. The van der Waals surface area contributed by atoms with E-state index in [-0.39, 0.29) is 24.0 Å². The molecule has 28 heavy (non-hydrogen) atoms. The molecular formula is C20H37IN6O. The van der Waals surface area contributed by atoms with Crippen molar-refractivity contribution in [1.29, 1.82) is 0 Å². The quantitative estimate of drug-likeness (QED) is 0.339. The van der Waals surface area contributed by atoms with E-state index in [1.807, 2.05) is 4.68 Å². The van der Waals surface area contributed by atoms with Crippen molar-refractivity contribution < 1.29 is 4.74 Å². The maximum atomic E-state index is 5.15. The summed E-state index contributed by atoms with van der Waals surface area (Å²) in [4.78, 5) is 9.46. The summed E-state index contributed by atoms with van der Waals surface area (Å²) in [5.41, 5.74) is 0. The first kappa shape index (κ1) is 23.4. The first-order chi connectivity index (χ1) is 13.2. The van der Waals surface area contributed by atoms with Crippen LogP contribution in [0.2, 0.25) is 0 Å². The van der Waals surface area contributed by atoms with Gasteiger partial charge in [0.05, 0.1) is 6.54 Å². The zero-order valence-electron chi connectivity index (χ0n) is 17.6. The number of nitrogens with one attached hydrogen (secondary N) is 2. The molecule has 2 aliphatic rings. The Hall–Kier alpha value is -0.900. The van der Waals surface area contributed by atoms with Crippen molar-refractivity contribution in [1.82, 2.24) is 25.4 Å². The number of aromatic nitrogens is 3. The molecule has 7 nitrogen and oxygen atoms in total. The molecule has 1 saturated carbocycles. The minimum Gasteiger partial charge on any atom is -0.377 e. The second-order valence-electron chi connectivity index (χ2n) is 7.95. The lowest BCUT2D eigenvalue weighted by molar-refractivity contribution is 0.177. The number of hydrogen-bond donors (Lipinski definition) is 2. The number of hydrogen-bond acceptors (Lipinski definition) is 4. The highest BCUT2D eigenvalue weighted by Crippen LogP contribution is 2.30. The lowest BCUT2D eigenvalue weighted by Crippen LogP contribution is -2.47. The van der Waals surface area contributed by atoms with E-state index in [0.29, 0.717) is 12.6 Å². The van der Waals surface area contributed by atoms with E-state index in [4.69, 9.17) is 9.73 Å². The highest BCUT2D eigenvalue weighted by Gasteiger charge is 2.23. The standard InChI is InChI=1S/C20H36N6O.HI/c1-4-15-6-8-16(9-7-15)12-22-20(21-5-2)23-17-10-11-19-24-18(14-27-3)25-26(19)13-17;/h15-17H,4-14H2,1-3H3,(H2,21,22,23);1H. The van der Waals surface area contributed by atoms with Gasteiger partial charge in [-0.2, -0.15) is 5.10 Å². The van der Waals surface area contributed by atoms with Gasteiger partial charge in [0.1, 0.15) is 12.4 Å². The number of guanidine groups is 1. The highest BCUT2D eigenvalue weighted by molar-refractivity contribution is 14.0. The van der Waals surface area contributed by atoms with E-state index in [1.165, 1.54) is 32.1 Å². The highest BCUT2D eigenvalue weighted by atomic mass is 127. The molecule has 1 unspecified atom stereocenters. The molecule has 0 aromatic carbocycles. The summed E-state index contributed by atoms with van der Waals surface area (Å²) < 4.78 is 7.17. The van der Waals surface area contributed by atoms with Gasteiger partial charge >= 0.3 is 0 Å². The number of methoxy groups -OCH3 is 1. The molecule has 0 spiro atoms. The summed E-state index contributed by atoms with van der Waals surface area (Å²) in [6.07, 6.45) is 8.74. The van der Waals surface area contributed by atoms with Gasteiger partial charge in [-0.1, -0.05) is 26.2 Å². The van der Waals surface area contributed by atoms with Crippen LogP contribution in [0.4, 0.5) is 0 Å². The van der Waals surface area contributed by atoms with Gasteiger partial charge in [0.25, 0.3) is 0 Å². The predicted molar refractivity (Wildman–Crippen MR) is 123 cm³/mol. The zero-order chi connectivity index (χ0) is 19.1. The van der Waals surface area contributed by atoms with E-state index < -0.39 is 0 Å². The maximum Gasteiger partial charge on any atom is 0.191 e. The van der Waals surface area contributed by atoms with Gasteiger partial charge in [-0.3, -0.25) is 4.99 Å². The second-order valence-corrected chi connectivity index (χ2v) is 7.95. The summed E-state index contributed by atoms with van der Waals surface area (Å²) in [7, 11) is 1.68. The predicted octanol–water partition coefficient (Wildman–Crippen LogP) is 3.13. The van der Waals surface area contributed by atoms with Crippen molar-refractivity contribution in [2.45, 2.75) is 78.0 Å². The van der Waals surface area contributed by atoms with Gasteiger partial charge in [0.15, 0.2) is 11.8 Å². The molecule has 3 rings (SSSR count). The molecule has 0 radical (unpaired) electrons. The van der Waals surface area contributed by atoms with Crippen LogP contribution in [0, 0.1) is 11.8 Å². The summed E-state index contributed by atoms with van der Waals surface area (Å²) in [6.45, 7) is 7.57. The Kier molecular flexibility index (Phi) is 9.98. The van der Waals surface area contributed by atoms with Gasteiger partial charge in [-0.15, -0.1) is 24.0 Å². The third kappa shape index (κ3) is 6.57. The Labute approximate surface area is 186 Å². The molecule has 1 atom stereocenters. The fraction of sp³-hybridized carbons (Fsp3) is 0.850. The van der Waals surface area contributed by atoms with Crippen LogP contribution in [-0.2, 0) is 24.3 Å². The topological polar surface area (TPSA) is 76.4 Å². The van der Waals surface area contributed by atoms with E-state index >= 15 is 0 Å². The Morgan fingerprint density at radius 1 is 1.18 bits per heavy atom. The second kappa shape index (κ2) is 11.9. The number of aryl methyl sites for hydroxylation is 1. The van der Waals surface area contributed by atoms with Gasteiger partial charge in [-0.25, -0.2) is 9.67 Å². The first-order valence-corrected chi connectivity index (χ1v) is 10.7. The van der Waals surface area contributed by atoms with Crippen LogP contribution in [0.5, 0.6) is 0 Å². The number of ether oxygens (including phenoxy) is 1. The van der Waals surface area contributed by atoms with Crippen LogP contribution in [0.15, 0.2) is 4.99 Å². The Morgan fingerprint density at radius 2 is 1.93 bits per heavy atom. The van der Waals surface area contributed by atoms with Crippen molar-refractivity contribution in [3.8, 4) is 0 Å². The van der Waals surface area contributed by atoms with Gasteiger partial charge in [-0.05, 0) is 38.0 Å². The van der Waals surface area contributed by atoms with Crippen LogP contribution in [0.1, 0.15) is 64.0 Å². The van der Waals surface area contributed by atoms with Crippen LogP contribution >= 0.6 is 24.0 Å². The first-order valence-electron chi connectivity index (χ1n) is 10.7. The van der Waals surface area contributed by atoms with Crippen molar-refractivity contribution in [3.63, 3.8) is 0 Å². The van der Waals surface area contributed by atoms with Crippen LogP contribution in [0.25, 0.3) is 0 Å². The average molecular weight is 504 g/mol. The molecule has 1 fully saturated rings. The monoisotopic (exact) mass is 504 g/mol. The molecule has 8 heteroatoms. The molecule has 0 saturated heterocycles. The molecule has 1 aliphatic carbocycles. The summed E-state index contributed by atoms with van der Waals surface area (Å²) >= 11 is 0. The van der Waals surface area contributed by atoms with Crippen molar-refractivity contribution >= 4 is 29.9 Å². The van der Waals surface area contributed by atoms with Gasteiger partial charge in [0.2, 0.25) is 0 Å². The number of rotatable bonds is 7. The molecule has 1 aliphatic heterocycles. The number of nitrogens with zero attached hydrogens (tertiary/aromatic N) is 4. The smallest absolute Gasteiger partial charge is 0.191 e. The molecule has 2 heterocycles. The van der Waals surface area contributed by atoms with Crippen molar-refractivity contribution in [2.24, 2.45) is 16.8 Å². The normalized spacial score (nSPS) is 25.0. The van der Waals surface area contributed by atoms with Gasteiger partial charge < -0.3 is 15.4 Å². The summed E-state index contributed by atoms with van der Waals surface area (Å²) in [5, 5.41) is 11.6. The molecule has 0 bridgehead atoms. The van der Waals surface area contributed by atoms with Crippen molar-refractivity contribution in [3.05, 3.63) is 11.6 Å². The van der Waals surface area contributed by atoms with Crippen LogP contribution in [0.3, 0.4) is 0 Å². The Balaban J connectivity index is 0.00000280. The SMILES string of the molecule is CCNC(=NCC1CCC(CC)CC1)NC1CCc2nc(COC)nn2C1.I. The maximum absolute atomic E-state index is 5.15. The van der Waals surface area contributed by atoms with E-state index in [9.17, 15) is 0 Å². The third-order valence-corrected chi connectivity index (χ3v) is 5.91. The number of fused-ring (bicyclic) bond motifs is 1. The minimum atomic E-state index is 0. The van der Waals surface area contributed by atoms with E-state index in [2.05, 4.69) is 34.6 Å². The van der Waals surface area contributed by atoms with Crippen LogP contribution in [-0.4, -0.2) is 47.0 Å². The molecule has 160 valence electrons. The molecular weight excluding hydrogens is 467 g/mol. The number of halogens is 1. The average Bonchev–Trinajstić information content (AvgIpc) is 3.08. The number of aliphatic imine (C=N–C) groups is 1. The summed E-state index contributed by atoms with van der Waals surface area (Å²) in [5.74, 6) is 4.47. The largest absolute Gasteiger partial charge is 0.377 e. The minimum absolute atomic E-state index is 0. The Bertz CT molecular complexity index is 612.